The van der Waals surface area contributed by atoms with Gasteiger partial charge in [0.15, 0.2) is 0 Å². The number of rotatable bonds is 3. The highest BCUT2D eigenvalue weighted by molar-refractivity contribution is 5.87. The number of fused-ring (bicyclic) bond motifs is 1. The fourth-order valence-corrected chi connectivity index (χ4v) is 3.52. The van der Waals surface area contributed by atoms with E-state index in [1.807, 2.05) is 4.90 Å². The molecule has 5 heteroatoms. The molecule has 0 aromatic heterocycles. The van der Waals surface area contributed by atoms with E-state index in [1.54, 1.807) is 0 Å². The number of piperazine rings is 1. The van der Waals surface area contributed by atoms with E-state index < -0.39 is 0 Å². The van der Waals surface area contributed by atoms with E-state index >= 15 is 0 Å². The number of nitrogens with one attached hydrogen (secondary N) is 2. The van der Waals surface area contributed by atoms with Gasteiger partial charge in [0.05, 0.1) is 6.54 Å². The quantitative estimate of drug-likeness (QED) is 0.716. The second kappa shape index (κ2) is 4.88. The second-order valence-electron chi connectivity index (χ2n) is 5.63. The summed E-state index contributed by atoms with van der Waals surface area (Å²) in [6.07, 6.45) is 3.68. The highest BCUT2D eigenvalue weighted by Gasteiger charge is 2.56. The lowest BCUT2D eigenvalue weighted by Gasteiger charge is -2.27. The topological polar surface area (TPSA) is 61.4 Å². The molecule has 5 nitrogen and oxygen atoms in total. The maximum atomic E-state index is 11.9. The number of hydrogen-bond acceptors (Lipinski definition) is 3. The Labute approximate surface area is 107 Å². The predicted molar refractivity (Wildman–Crippen MR) is 66.8 cm³/mol. The Morgan fingerprint density at radius 1 is 1.17 bits per heavy atom. The van der Waals surface area contributed by atoms with Gasteiger partial charge in [-0.05, 0) is 24.7 Å². The van der Waals surface area contributed by atoms with Gasteiger partial charge in [0.25, 0.3) is 0 Å². The van der Waals surface area contributed by atoms with Crippen LogP contribution in [0.5, 0.6) is 0 Å². The van der Waals surface area contributed by atoms with Crippen molar-refractivity contribution in [1.82, 2.24) is 15.5 Å². The number of carbonyl (C=O) groups excluding carboxylic acids is 2. The van der Waals surface area contributed by atoms with Crippen molar-refractivity contribution in [3.8, 4) is 0 Å². The standard InChI is InChI=1S/C13H21N3O2/c17-11(16-6-4-14-5-7-16)8-15-13(18)12-9-2-1-3-10(9)12/h9-10,12,14H,1-8H2,(H,15,18). The molecule has 1 aliphatic heterocycles. The van der Waals surface area contributed by atoms with Crippen LogP contribution in [-0.4, -0.2) is 49.4 Å². The molecule has 2 saturated carbocycles. The van der Waals surface area contributed by atoms with Crippen molar-refractivity contribution in [3.63, 3.8) is 0 Å². The van der Waals surface area contributed by atoms with Gasteiger partial charge in [-0.15, -0.1) is 0 Å². The summed E-state index contributed by atoms with van der Waals surface area (Å²) in [5.41, 5.74) is 0. The van der Waals surface area contributed by atoms with E-state index in [-0.39, 0.29) is 24.3 Å². The SMILES string of the molecule is O=C(NCC(=O)N1CCNCC1)C1C2CCCC21. The molecule has 2 atom stereocenters. The Hall–Kier alpha value is -1.10. The molecule has 3 aliphatic rings. The van der Waals surface area contributed by atoms with Crippen LogP contribution in [0.25, 0.3) is 0 Å². The van der Waals surface area contributed by atoms with Crippen molar-refractivity contribution in [2.75, 3.05) is 32.7 Å². The number of nitrogens with zero attached hydrogens (tertiary/aromatic N) is 1. The third-order valence-electron chi connectivity index (χ3n) is 4.59. The summed E-state index contributed by atoms with van der Waals surface area (Å²) in [6, 6.07) is 0. The normalized spacial score (nSPS) is 34.0. The summed E-state index contributed by atoms with van der Waals surface area (Å²) in [6.45, 7) is 3.39. The zero-order valence-electron chi connectivity index (χ0n) is 10.7. The molecule has 3 rings (SSSR count). The fourth-order valence-electron chi connectivity index (χ4n) is 3.52. The number of carbonyl (C=O) groups is 2. The summed E-state index contributed by atoms with van der Waals surface area (Å²) < 4.78 is 0. The van der Waals surface area contributed by atoms with Crippen LogP contribution in [-0.2, 0) is 9.59 Å². The largest absolute Gasteiger partial charge is 0.347 e. The van der Waals surface area contributed by atoms with E-state index in [1.165, 1.54) is 19.3 Å². The van der Waals surface area contributed by atoms with Crippen molar-refractivity contribution in [1.29, 1.82) is 0 Å². The minimum Gasteiger partial charge on any atom is -0.347 e. The van der Waals surface area contributed by atoms with Gasteiger partial charge in [-0.25, -0.2) is 0 Å². The summed E-state index contributed by atoms with van der Waals surface area (Å²) in [4.78, 5) is 25.6. The molecule has 3 fully saturated rings. The molecular formula is C13H21N3O2. The zero-order valence-corrected chi connectivity index (χ0v) is 10.7. The van der Waals surface area contributed by atoms with Crippen LogP contribution >= 0.6 is 0 Å². The van der Waals surface area contributed by atoms with Gasteiger partial charge in [-0.3, -0.25) is 9.59 Å². The molecular weight excluding hydrogens is 230 g/mol. The molecule has 0 bridgehead atoms. The summed E-state index contributed by atoms with van der Waals surface area (Å²) in [7, 11) is 0. The van der Waals surface area contributed by atoms with Crippen LogP contribution in [0.4, 0.5) is 0 Å². The molecule has 0 aromatic rings. The van der Waals surface area contributed by atoms with Crippen LogP contribution in [0.2, 0.25) is 0 Å². The van der Waals surface area contributed by atoms with Crippen molar-refractivity contribution in [2.45, 2.75) is 19.3 Å². The Balaban J connectivity index is 1.41. The number of amides is 2. The molecule has 1 heterocycles. The Kier molecular flexibility index (Phi) is 3.24. The third-order valence-corrected chi connectivity index (χ3v) is 4.59. The molecule has 1 saturated heterocycles. The maximum absolute atomic E-state index is 11.9. The highest BCUT2D eigenvalue weighted by Crippen LogP contribution is 2.57. The lowest BCUT2D eigenvalue weighted by Crippen LogP contribution is -2.49. The van der Waals surface area contributed by atoms with Gasteiger partial charge in [-0.1, -0.05) is 6.42 Å². The van der Waals surface area contributed by atoms with Crippen LogP contribution in [0, 0.1) is 17.8 Å². The molecule has 0 spiro atoms. The van der Waals surface area contributed by atoms with Gasteiger partial charge in [-0.2, -0.15) is 0 Å². The van der Waals surface area contributed by atoms with Crippen molar-refractivity contribution in [3.05, 3.63) is 0 Å². The molecule has 18 heavy (non-hydrogen) atoms. The van der Waals surface area contributed by atoms with E-state index in [0.29, 0.717) is 11.8 Å². The molecule has 2 N–H and O–H groups in total. The molecule has 100 valence electrons. The van der Waals surface area contributed by atoms with Gasteiger partial charge >= 0.3 is 0 Å². The fraction of sp³-hybridized carbons (Fsp3) is 0.846. The van der Waals surface area contributed by atoms with Crippen molar-refractivity contribution in [2.24, 2.45) is 17.8 Å². The third kappa shape index (κ3) is 2.23. The summed E-state index contributed by atoms with van der Waals surface area (Å²) in [5, 5.41) is 6.03. The second-order valence-corrected chi connectivity index (χ2v) is 5.63. The van der Waals surface area contributed by atoms with Crippen molar-refractivity contribution >= 4 is 11.8 Å². The van der Waals surface area contributed by atoms with Gasteiger partial charge in [0.1, 0.15) is 0 Å². The molecule has 2 amide bonds. The molecule has 2 aliphatic carbocycles. The maximum Gasteiger partial charge on any atom is 0.242 e. The van der Waals surface area contributed by atoms with Gasteiger partial charge in [0.2, 0.25) is 11.8 Å². The van der Waals surface area contributed by atoms with Crippen LogP contribution in [0.15, 0.2) is 0 Å². The first-order chi connectivity index (χ1) is 8.77. The van der Waals surface area contributed by atoms with E-state index in [0.717, 1.165) is 26.2 Å². The molecule has 0 aromatic carbocycles. The Bertz CT molecular complexity index is 328. The average Bonchev–Trinajstić information content (AvgIpc) is 2.90. The number of hydrogen-bond donors (Lipinski definition) is 2. The Morgan fingerprint density at radius 2 is 1.83 bits per heavy atom. The monoisotopic (exact) mass is 251 g/mol. The van der Waals surface area contributed by atoms with Crippen molar-refractivity contribution < 1.29 is 9.59 Å². The molecule has 0 radical (unpaired) electrons. The van der Waals surface area contributed by atoms with Crippen LogP contribution in [0.1, 0.15) is 19.3 Å². The lowest BCUT2D eigenvalue weighted by molar-refractivity contribution is -0.133. The average molecular weight is 251 g/mol. The minimum atomic E-state index is 0.0515. The van der Waals surface area contributed by atoms with Gasteiger partial charge < -0.3 is 15.5 Å². The van der Waals surface area contributed by atoms with E-state index in [2.05, 4.69) is 10.6 Å². The highest BCUT2D eigenvalue weighted by atomic mass is 16.2. The van der Waals surface area contributed by atoms with Crippen LogP contribution in [0.3, 0.4) is 0 Å². The Morgan fingerprint density at radius 3 is 2.50 bits per heavy atom. The van der Waals surface area contributed by atoms with Crippen LogP contribution < -0.4 is 10.6 Å². The lowest BCUT2D eigenvalue weighted by atomic mass is 10.1. The van der Waals surface area contributed by atoms with E-state index in [9.17, 15) is 9.59 Å². The molecule has 2 unspecified atom stereocenters. The zero-order chi connectivity index (χ0) is 12.5. The first-order valence-electron chi connectivity index (χ1n) is 7.03. The van der Waals surface area contributed by atoms with E-state index in [4.69, 9.17) is 0 Å². The van der Waals surface area contributed by atoms with Gasteiger partial charge in [0, 0.05) is 32.1 Å². The minimum absolute atomic E-state index is 0.0515. The summed E-state index contributed by atoms with van der Waals surface area (Å²) in [5.74, 6) is 1.62. The first-order valence-corrected chi connectivity index (χ1v) is 7.03. The first kappa shape index (κ1) is 12.0. The summed E-state index contributed by atoms with van der Waals surface area (Å²) >= 11 is 0. The smallest absolute Gasteiger partial charge is 0.242 e. The predicted octanol–water partition coefficient (Wildman–Crippen LogP) is -0.419.